The van der Waals surface area contributed by atoms with Crippen molar-refractivity contribution in [1.29, 1.82) is 0 Å². The topological polar surface area (TPSA) is 75.1 Å². The Morgan fingerprint density at radius 2 is 2.14 bits per heavy atom. The maximum atomic E-state index is 12.1. The zero-order valence-corrected chi connectivity index (χ0v) is 11.8. The highest BCUT2D eigenvalue weighted by molar-refractivity contribution is 7.20. The summed E-state index contributed by atoms with van der Waals surface area (Å²) in [6, 6.07) is 0. The number of nitrogens with one attached hydrogen (secondary N) is 1. The van der Waals surface area contributed by atoms with E-state index in [4.69, 9.17) is 5.11 Å². The van der Waals surface area contributed by atoms with Crippen molar-refractivity contribution < 1.29 is 23.1 Å². The molecule has 0 atom stereocenters. The minimum atomic E-state index is -4.18. The van der Waals surface area contributed by atoms with Crippen LogP contribution in [-0.4, -0.2) is 33.8 Å². The van der Waals surface area contributed by atoms with E-state index in [9.17, 15) is 18.0 Å². The number of aromatic carboxylic acids is 1. The van der Waals surface area contributed by atoms with Crippen LogP contribution in [0.25, 0.3) is 10.2 Å². The molecule has 2 aromatic rings. The fourth-order valence-corrected chi connectivity index (χ4v) is 2.89. The largest absolute Gasteiger partial charge is 0.477 e. The number of carboxylic acids is 1. The monoisotopic (exact) mass is 319 g/mol. The Kier molecular flexibility index (Phi) is 4.31. The van der Waals surface area contributed by atoms with Crippen molar-refractivity contribution >= 4 is 33.3 Å². The Balaban J connectivity index is 2.18. The minimum absolute atomic E-state index is 0.0794. The summed E-state index contributed by atoms with van der Waals surface area (Å²) in [6.45, 7) is 1.73. The second-order valence-electron chi connectivity index (χ2n) is 4.41. The number of thiophene rings is 1. The smallest absolute Gasteiger partial charge is 0.389 e. The van der Waals surface area contributed by atoms with Crippen LogP contribution in [0.1, 0.15) is 28.1 Å². The standard InChI is InChI=1S/C12H12F3N3O2S/c1-6-7-9(16-4-2-3-12(13,14)15)17-5-18-10(7)21-8(6)11(19)20/h5H,2-4H2,1H3,(H,19,20)(H,16,17,18). The Labute approximate surface area is 121 Å². The van der Waals surface area contributed by atoms with Crippen LogP contribution in [0.4, 0.5) is 19.0 Å². The number of nitrogens with zero attached hydrogens (tertiary/aromatic N) is 2. The molecule has 2 aromatic heterocycles. The average Bonchev–Trinajstić information content (AvgIpc) is 2.72. The second-order valence-corrected chi connectivity index (χ2v) is 5.41. The van der Waals surface area contributed by atoms with E-state index in [0.29, 0.717) is 21.6 Å². The fourth-order valence-electron chi connectivity index (χ4n) is 1.91. The summed E-state index contributed by atoms with van der Waals surface area (Å²) in [4.78, 5) is 19.7. The lowest BCUT2D eigenvalue weighted by Crippen LogP contribution is -2.11. The number of carboxylic acid groups (broad SMARTS) is 1. The second kappa shape index (κ2) is 5.84. The molecule has 0 saturated heterocycles. The third kappa shape index (κ3) is 3.60. The van der Waals surface area contributed by atoms with Crippen LogP contribution in [0, 0.1) is 6.92 Å². The van der Waals surface area contributed by atoms with Crippen molar-refractivity contribution in [3.8, 4) is 0 Å². The molecule has 21 heavy (non-hydrogen) atoms. The van der Waals surface area contributed by atoms with Crippen LogP contribution < -0.4 is 5.32 Å². The Morgan fingerprint density at radius 3 is 2.76 bits per heavy atom. The molecule has 2 rings (SSSR count). The molecule has 114 valence electrons. The summed E-state index contributed by atoms with van der Waals surface area (Å²) in [7, 11) is 0. The number of hydrogen-bond acceptors (Lipinski definition) is 5. The number of carbonyl (C=O) groups is 1. The number of rotatable bonds is 5. The van der Waals surface area contributed by atoms with Crippen LogP contribution in [0.2, 0.25) is 0 Å². The Bertz CT molecular complexity index is 670. The van der Waals surface area contributed by atoms with Gasteiger partial charge in [0.2, 0.25) is 0 Å². The number of aryl methyl sites for hydroxylation is 1. The number of hydrogen-bond donors (Lipinski definition) is 2. The van der Waals surface area contributed by atoms with Gasteiger partial charge in [-0.2, -0.15) is 13.2 Å². The number of fused-ring (bicyclic) bond motifs is 1. The lowest BCUT2D eigenvalue weighted by molar-refractivity contribution is -0.134. The normalized spacial score (nSPS) is 11.8. The molecule has 0 saturated carbocycles. The molecular formula is C12H12F3N3O2S. The van der Waals surface area contributed by atoms with Gasteiger partial charge < -0.3 is 10.4 Å². The highest BCUT2D eigenvalue weighted by Gasteiger charge is 2.26. The third-order valence-corrected chi connectivity index (χ3v) is 4.04. The molecule has 0 aliphatic carbocycles. The number of aromatic nitrogens is 2. The van der Waals surface area contributed by atoms with Crippen LogP contribution in [0.5, 0.6) is 0 Å². The van der Waals surface area contributed by atoms with Gasteiger partial charge in [0.25, 0.3) is 0 Å². The van der Waals surface area contributed by atoms with Crippen LogP contribution in [0.15, 0.2) is 6.33 Å². The summed E-state index contributed by atoms with van der Waals surface area (Å²) >= 11 is 1.02. The van der Waals surface area contributed by atoms with Gasteiger partial charge >= 0.3 is 12.1 Å². The quantitative estimate of drug-likeness (QED) is 0.826. The minimum Gasteiger partial charge on any atom is -0.477 e. The summed E-state index contributed by atoms with van der Waals surface area (Å²) in [5, 5.41) is 12.4. The van der Waals surface area contributed by atoms with E-state index in [0.717, 1.165) is 11.3 Å². The lowest BCUT2D eigenvalue weighted by atomic mass is 10.2. The zero-order chi connectivity index (χ0) is 15.6. The first kappa shape index (κ1) is 15.5. The number of alkyl halides is 3. The van der Waals surface area contributed by atoms with Gasteiger partial charge in [-0.15, -0.1) is 11.3 Å². The van der Waals surface area contributed by atoms with Gasteiger partial charge in [0.05, 0.1) is 5.39 Å². The molecule has 2 heterocycles. The first-order valence-electron chi connectivity index (χ1n) is 6.07. The molecule has 0 bridgehead atoms. The fraction of sp³-hybridized carbons (Fsp3) is 0.417. The molecule has 2 N–H and O–H groups in total. The van der Waals surface area contributed by atoms with E-state index >= 15 is 0 Å². The highest BCUT2D eigenvalue weighted by atomic mass is 32.1. The van der Waals surface area contributed by atoms with E-state index in [1.807, 2.05) is 0 Å². The van der Waals surface area contributed by atoms with Crippen LogP contribution in [0.3, 0.4) is 0 Å². The van der Waals surface area contributed by atoms with Crippen molar-refractivity contribution in [3.63, 3.8) is 0 Å². The van der Waals surface area contributed by atoms with Crippen molar-refractivity contribution in [1.82, 2.24) is 9.97 Å². The summed E-state index contributed by atoms with van der Waals surface area (Å²) in [5.74, 6) is -0.693. The van der Waals surface area contributed by atoms with E-state index in [2.05, 4.69) is 15.3 Å². The van der Waals surface area contributed by atoms with Gasteiger partial charge in [-0.3, -0.25) is 0 Å². The summed E-state index contributed by atoms with van der Waals surface area (Å²) in [5.41, 5.74) is 0.515. The van der Waals surface area contributed by atoms with Crippen LogP contribution in [-0.2, 0) is 0 Å². The van der Waals surface area contributed by atoms with Gasteiger partial charge in [-0.1, -0.05) is 0 Å². The molecular weight excluding hydrogens is 307 g/mol. The van der Waals surface area contributed by atoms with Crippen molar-refractivity contribution in [2.24, 2.45) is 0 Å². The van der Waals surface area contributed by atoms with Crippen molar-refractivity contribution in [2.45, 2.75) is 25.9 Å². The Hall–Kier alpha value is -1.90. The predicted molar refractivity (Wildman–Crippen MR) is 72.9 cm³/mol. The first-order chi connectivity index (χ1) is 9.79. The molecule has 0 aliphatic heterocycles. The average molecular weight is 319 g/mol. The number of halogens is 3. The molecule has 0 amide bonds. The summed E-state index contributed by atoms with van der Waals surface area (Å²) in [6.07, 6.45) is -3.88. The molecule has 0 spiro atoms. The highest BCUT2D eigenvalue weighted by Crippen LogP contribution is 2.33. The SMILES string of the molecule is Cc1c(C(=O)O)sc2ncnc(NCCCC(F)(F)F)c12. The van der Waals surface area contributed by atoms with Crippen molar-refractivity contribution in [2.75, 3.05) is 11.9 Å². The van der Waals surface area contributed by atoms with Gasteiger partial charge in [0.1, 0.15) is 21.9 Å². The van der Waals surface area contributed by atoms with E-state index in [1.54, 1.807) is 6.92 Å². The number of anilines is 1. The third-order valence-electron chi connectivity index (χ3n) is 2.85. The maximum absolute atomic E-state index is 12.1. The molecule has 9 heteroatoms. The van der Waals surface area contributed by atoms with Crippen LogP contribution >= 0.6 is 11.3 Å². The van der Waals surface area contributed by atoms with Gasteiger partial charge in [-0.05, 0) is 18.9 Å². The molecule has 0 fully saturated rings. The molecule has 0 radical (unpaired) electrons. The molecule has 0 unspecified atom stereocenters. The molecule has 0 aliphatic rings. The van der Waals surface area contributed by atoms with Gasteiger partial charge in [-0.25, -0.2) is 14.8 Å². The van der Waals surface area contributed by atoms with Crippen molar-refractivity contribution in [3.05, 3.63) is 16.8 Å². The zero-order valence-electron chi connectivity index (χ0n) is 11.0. The van der Waals surface area contributed by atoms with E-state index in [1.165, 1.54) is 6.33 Å². The van der Waals surface area contributed by atoms with Gasteiger partial charge in [0, 0.05) is 13.0 Å². The van der Waals surface area contributed by atoms with E-state index < -0.39 is 18.6 Å². The maximum Gasteiger partial charge on any atom is 0.389 e. The predicted octanol–water partition coefficient (Wildman–Crippen LogP) is 3.45. The van der Waals surface area contributed by atoms with E-state index in [-0.39, 0.29) is 17.8 Å². The summed E-state index contributed by atoms with van der Waals surface area (Å²) < 4.78 is 36.2. The lowest BCUT2D eigenvalue weighted by Gasteiger charge is -2.08. The molecule has 5 nitrogen and oxygen atoms in total. The molecule has 0 aromatic carbocycles. The first-order valence-corrected chi connectivity index (χ1v) is 6.89. The Morgan fingerprint density at radius 1 is 1.43 bits per heavy atom. The van der Waals surface area contributed by atoms with Gasteiger partial charge in [0.15, 0.2) is 0 Å².